The average molecular weight is 355 g/mol. The second-order valence-corrected chi connectivity index (χ2v) is 7.25. The predicted molar refractivity (Wildman–Crippen MR) is 106 cm³/mol. The van der Waals surface area contributed by atoms with Gasteiger partial charge < -0.3 is 4.42 Å². The summed E-state index contributed by atoms with van der Waals surface area (Å²) in [6.45, 7) is 0.800. The minimum atomic E-state index is -0.196. The molecule has 1 aliphatic rings. The summed E-state index contributed by atoms with van der Waals surface area (Å²) in [7, 11) is 0. The molecule has 5 rings (SSSR count). The zero-order chi connectivity index (χ0) is 18.1. The summed E-state index contributed by atoms with van der Waals surface area (Å²) in [6.07, 6.45) is 3.23. The minimum Gasteiger partial charge on any atom is -0.419 e. The van der Waals surface area contributed by atoms with Gasteiger partial charge in [-0.05, 0) is 47.7 Å². The van der Waals surface area contributed by atoms with Crippen LogP contribution in [0.15, 0.2) is 77.2 Å². The Kier molecular flexibility index (Phi) is 3.98. The van der Waals surface area contributed by atoms with E-state index in [2.05, 4.69) is 64.0 Å². The zero-order valence-corrected chi connectivity index (χ0v) is 15.1. The second-order valence-electron chi connectivity index (χ2n) is 7.25. The third-order valence-corrected chi connectivity index (χ3v) is 5.51. The smallest absolute Gasteiger partial charge is 0.247 e. The second kappa shape index (κ2) is 6.63. The van der Waals surface area contributed by atoms with Gasteiger partial charge in [0.25, 0.3) is 0 Å². The van der Waals surface area contributed by atoms with Crippen LogP contribution in [0.2, 0.25) is 0 Å². The van der Waals surface area contributed by atoms with E-state index < -0.39 is 0 Å². The van der Waals surface area contributed by atoms with Crippen molar-refractivity contribution in [1.29, 1.82) is 0 Å². The lowest BCUT2D eigenvalue weighted by molar-refractivity contribution is 0.141. The van der Waals surface area contributed by atoms with Gasteiger partial charge in [-0.3, -0.25) is 5.32 Å². The molecule has 4 nitrogen and oxygen atoms in total. The number of rotatable bonds is 5. The Morgan fingerprint density at radius 3 is 2.41 bits per heavy atom. The normalized spacial score (nSPS) is 15.6. The molecule has 3 aromatic carbocycles. The summed E-state index contributed by atoms with van der Waals surface area (Å²) in [5.74, 6) is 1.29. The number of fused-ring (bicyclic) bond motifs is 1. The van der Waals surface area contributed by atoms with Gasteiger partial charge in [0.05, 0.1) is 5.54 Å². The fourth-order valence-corrected chi connectivity index (χ4v) is 3.72. The summed E-state index contributed by atoms with van der Waals surface area (Å²) < 4.78 is 6.13. The van der Waals surface area contributed by atoms with Gasteiger partial charge in [-0.2, -0.15) is 0 Å². The standard InChI is InChI=1S/C23H21N3O/c1-2-7-17(8-3-1)16-24-23(13-6-14-23)22-26-25-21(27-22)20-12-11-18-9-4-5-10-19(18)15-20/h1-5,7-12,15,24H,6,13-14,16H2. The molecule has 1 aromatic heterocycles. The van der Waals surface area contributed by atoms with Crippen molar-refractivity contribution in [3.05, 3.63) is 84.3 Å². The van der Waals surface area contributed by atoms with Crippen LogP contribution in [0.1, 0.15) is 30.7 Å². The Morgan fingerprint density at radius 2 is 1.63 bits per heavy atom. The molecule has 4 heteroatoms. The molecule has 1 saturated carbocycles. The lowest BCUT2D eigenvalue weighted by Crippen LogP contribution is -2.47. The Bertz CT molecular complexity index is 1070. The number of aromatic nitrogens is 2. The lowest BCUT2D eigenvalue weighted by atomic mass is 9.76. The van der Waals surface area contributed by atoms with Gasteiger partial charge in [-0.25, -0.2) is 0 Å². The lowest BCUT2D eigenvalue weighted by Gasteiger charge is -2.39. The van der Waals surface area contributed by atoms with E-state index in [4.69, 9.17) is 4.42 Å². The van der Waals surface area contributed by atoms with Crippen LogP contribution >= 0.6 is 0 Å². The van der Waals surface area contributed by atoms with Crippen LogP contribution in [0.3, 0.4) is 0 Å². The van der Waals surface area contributed by atoms with Crippen molar-refractivity contribution < 1.29 is 4.42 Å². The highest BCUT2D eigenvalue weighted by Gasteiger charge is 2.43. The molecule has 27 heavy (non-hydrogen) atoms. The first-order chi connectivity index (χ1) is 13.3. The maximum absolute atomic E-state index is 6.13. The third-order valence-electron chi connectivity index (χ3n) is 5.51. The Balaban J connectivity index is 1.41. The van der Waals surface area contributed by atoms with Gasteiger partial charge in [0.2, 0.25) is 11.8 Å². The van der Waals surface area contributed by atoms with Crippen molar-refractivity contribution in [3.8, 4) is 11.5 Å². The van der Waals surface area contributed by atoms with E-state index in [9.17, 15) is 0 Å². The molecule has 0 amide bonds. The van der Waals surface area contributed by atoms with E-state index in [0.29, 0.717) is 11.8 Å². The topological polar surface area (TPSA) is 51.0 Å². The summed E-state index contributed by atoms with van der Waals surface area (Å²) in [5.41, 5.74) is 2.03. The van der Waals surface area contributed by atoms with E-state index in [-0.39, 0.29) is 5.54 Å². The SMILES string of the molecule is c1ccc(CNC2(c3nnc(-c4ccc5ccccc5c4)o3)CCC2)cc1. The van der Waals surface area contributed by atoms with Gasteiger partial charge in [0, 0.05) is 12.1 Å². The molecule has 0 unspecified atom stereocenters. The maximum atomic E-state index is 6.13. The maximum Gasteiger partial charge on any atom is 0.247 e. The van der Waals surface area contributed by atoms with Crippen molar-refractivity contribution in [3.63, 3.8) is 0 Å². The fraction of sp³-hybridized carbons (Fsp3) is 0.217. The summed E-state index contributed by atoms with van der Waals surface area (Å²) in [6, 6.07) is 25.0. The highest BCUT2D eigenvalue weighted by molar-refractivity contribution is 5.86. The molecule has 1 fully saturated rings. The van der Waals surface area contributed by atoms with E-state index in [1.54, 1.807) is 0 Å². The van der Waals surface area contributed by atoms with E-state index in [1.807, 2.05) is 24.3 Å². The number of hydrogen-bond acceptors (Lipinski definition) is 4. The quantitative estimate of drug-likeness (QED) is 0.544. The van der Waals surface area contributed by atoms with Gasteiger partial charge in [-0.1, -0.05) is 60.7 Å². The molecule has 0 radical (unpaired) electrons. The van der Waals surface area contributed by atoms with Crippen molar-refractivity contribution in [2.75, 3.05) is 0 Å². The zero-order valence-electron chi connectivity index (χ0n) is 15.1. The highest BCUT2D eigenvalue weighted by atomic mass is 16.4. The number of benzene rings is 3. The minimum absolute atomic E-state index is 0.196. The van der Waals surface area contributed by atoms with Crippen LogP contribution in [-0.4, -0.2) is 10.2 Å². The van der Waals surface area contributed by atoms with Gasteiger partial charge >= 0.3 is 0 Å². The van der Waals surface area contributed by atoms with Crippen LogP contribution in [0.25, 0.3) is 22.2 Å². The van der Waals surface area contributed by atoms with Gasteiger partial charge in [0.15, 0.2) is 0 Å². The first kappa shape index (κ1) is 16.2. The molecule has 0 bridgehead atoms. The molecule has 0 spiro atoms. The molecule has 1 heterocycles. The number of nitrogens with one attached hydrogen (secondary N) is 1. The summed E-state index contributed by atoms with van der Waals surface area (Å²) >= 11 is 0. The molecular weight excluding hydrogens is 334 g/mol. The first-order valence-corrected chi connectivity index (χ1v) is 9.45. The van der Waals surface area contributed by atoms with E-state index in [1.165, 1.54) is 22.8 Å². The Morgan fingerprint density at radius 1 is 0.852 bits per heavy atom. The molecule has 0 aliphatic heterocycles. The molecule has 4 aromatic rings. The molecule has 1 aliphatic carbocycles. The number of hydrogen-bond donors (Lipinski definition) is 1. The van der Waals surface area contributed by atoms with Crippen LogP contribution in [-0.2, 0) is 12.1 Å². The van der Waals surface area contributed by atoms with Gasteiger partial charge in [-0.15, -0.1) is 10.2 Å². The highest BCUT2D eigenvalue weighted by Crippen LogP contribution is 2.41. The average Bonchev–Trinajstić information content (AvgIpc) is 3.18. The van der Waals surface area contributed by atoms with Crippen molar-refractivity contribution in [1.82, 2.24) is 15.5 Å². The number of nitrogens with zero attached hydrogens (tertiary/aromatic N) is 2. The third kappa shape index (κ3) is 3.02. The predicted octanol–water partition coefficient (Wildman–Crippen LogP) is 5.06. The molecule has 0 saturated heterocycles. The Labute approximate surface area is 158 Å². The summed E-state index contributed by atoms with van der Waals surface area (Å²) in [5, 5.41) is 14.8. The molecule has 1 N–H and O–H groups in total. The first-order valence-electron chi connectivity index (χ1n) is 9.45. The molecule has 0 atom stereocenters. The van der Waals surface area contributed by atoms with Crippen molar-refractivity contribution in [2.24, 2.45) is 0 Å². The van der Waals surface area contributed by atoms with Crippen LogP contribution in [0, 0.1) is 0 Å². The fourth-order valence-electron chi connectivity index (χ4n) is 3.72. The van der Waals surface area contributed by atoms with Crippen molar-refractivity contribution >= 4 is 10.8 Å². The largest absolute Gasteiger partial charge is 0.419 e. The monoisotopic (exact) mass is 355 g/mol. The molecular formula is C23H21N3O. The van der Waals surface area contributed by atoms with Crippen LogP contribution in [0.5, 0.6) is 0 Å². The van der Waals surface area contributed by atoms with Gasteiger partial charge in [0.1, 0.15) is 0 Å². The molecule has 134 valence electrons. The van der Waals surface area contributed by atoms with Crippen molar-refractivity contribution in [2.45, 2.75) is 31.3 Å². The van der Waals surface area contributed by atoms with E-state index >= 15 is 0 Å². The van der Waals surface area contributed by atoms with E-state index in [0.717, 1.165) is 24.9 Å². The Hall–Kier alpha value is -2.98. The van der Waals surface area contributed by atoms with Crippen LogP contribution < -0.4 is 5.32 Å². The summed E-state index contributed by atoms with van der Waals surface area (Å²) in [4.78, 5) is 0. The van der Waals surface area contributed by atoms with Crippen LogP contribution in [0.4, 0.5) is 0 Å².